The van der Waals surface area contributed by atoms with E-state index in [0.717, 1.165) is 35.1 Å². The Bertz CT molecular complexity index is 2450. The molecule has 11 nitrogen and oxygen atoms in total. The highest BCUT2D eigenvalue weighted by Crippen LogP contribution is 2.49. The van der Waals surface area contributed by atoms with Crippen LogP contribution in [0.2, 0.25) is 0 Å². The minimum absolute atomic E-state index is 0.00314. The molecule has 0 aromatic heterocycles. The Morgan fingerprint density at radius 2 is 1.40 bits per heavy atom. The number of fused-ring (bicyclic) bond motifs is 2. The van der Waals surface area contributed by atoms with Gasteiger partial charge in [-0.2, -0.15) is 21.9 Å². The standard InChI is InChI=1S/C42H42N2O9S2/c1-41(2)31(26-30(17-13-16-29-14-9-6-5-7-10-15-29)34-22-20-32(27-35(34)41)54(47,48)49)18-11-8-12-19-38-42(3,4)36-28-33(55(50,51)52)21-23-37(36)43(38)53-44-39(45)24-25-40(44)46/h5-12,14-15,18-23,27-28H,13,16-17,24-25H2,1-4H3,(H,47,48,49)(H,50,51,52)/b6-5-,7-5?,9-6?,10-7-,12-8+,14-9-,15-10?,18-11+,29-14?,29-15+,38-19+. The molecule has 0 spiro atoms. The van der Waals surface area contributed by atoms with Crippen molar-refractivity contribution in [3.63, 3.8) is 0 Å². The lowest BCUT2D eigenvalue weighted by atomic mass is 9.71. The molecule has 0 bridgehead atoms. The van der Waals surface area contributed by atoms with Gasteiger partial charge in [0.05, 0.1) is 21.2 Å². The molecule has 2 N–H and O–H groups in total. The van der Waals surface area contributed by atoms with Crippen LogP contribution in [0.1, 0.15) is 76.5 Å². The zero-order valence-corrected chi connectivity index (χ0v) is 32.5. The van der Waals surface area contributed by atoms with E-state index in [1.165, 1.54) is 41.0 Å². The zero-order valence-electron chi connectivity index (χ0n) is 30.9. The molecule has 0 radical (unpaired) electrons. The van der Waals surface area contributed by atoms with E-state index in [4.69, 9.17) is 4.94 Å². The zero-order chi connectivity index (χ0) is 39.8. The number of benzene rings is 2. The van der Waals surface area contributed by atoms with Crippen LogP contribution in [0.4, 0.5) is 5.69 Å². The average Bonchev–Trinajstić information content (AvgIpc) is 3.52. The summed E-state index contributed by atoms with van der Waals surface area (Å²) in [6.45, 7) is 7.58. The van der Waals surface area contributed by atoms with Crippen molar-refractivity contribution < 1.29 is 40.5 Å². The molecule has 286 valence electrons. The number of allylic oxidation sites excluding steroid dienone is 15. The summed E-state index contributed by atoms with van der Waals surface area (Å²) in [6.07, 6.45) is 25.3. The highest BCUT2D eigenvalue weighted by atomic mass is 32.2. The third-order valence-electron chi connectivity index (χ3n) is 10.1. The molecule has 0 saturated carbocycles. The highest BCUT2D eigenvalue weighted by Gasteiger charge is 2.45. The van der Waals surface area contributed by atoms with E-state index in [1.807, 2.05) is 70.2 Å². The molecule has 0 atom stereocenters. The van der Waals surface area contributed by atoms with Gasteiger partial charge in [0.15, 0.2) is 0 Å². The Labute approximate surface area is 321 Å². The van der Waals surface area contributed by atoms with Gasteiger partial charge in [0, 0.05) is 34.8 Å². The van der Waals surface area contributed by atoms with E-state index < -0.39 is 42.9 Å². The Morgan fingerprint density at radius 3 is 2.09 bits per heavy atom. The number of hydroxylamine groups is 3. The maximum absolute atomic E-state index is 12.5. The van der Waals surface area contributed by atoms with Gasteiger partial charge in [0.25, 0.3) is 32.1 Å². The van der Waals surface area contributed by atoms with Crippen LogP contribution < -0.4 is 5.06 Å². The fourth-order valence-electron chi connectivity index (χ4n) is 7.02. The SMILES string of the molecule is CC1(C)C(/C=C/C=C/C=C2/N(ON3C(=O)CCC3=O)c3ccc(S(=O)(=O)O)cc3C2(C)C)=C=C(CCCC2=C/C=C\C=C/C=C\2)c2ccc(S(=O)(=O)O)cc21. The van der Waals surface area contributed by atoms with Crippen molar-refractivity contribution in [3.05, 3.63) is 149 Å². The van der Waals surface area contributed by atoms with E-state index in [1.54, 1.807) is 24.3 Å². The van der Waals surface area contributed by atoms with Crippen LogP contribution >= 0.6 is 0 Å². The molecule has 2 amide bonds. The lowest BCUT2D eigenvalue weighted by molar-refractivity contribution is -0.189. The molecule has 2 aliphatic carbocycles. The average molecular weight is 783 g/mol. The second kappa shape index (κ2) is 15.2. The molecule has 2 aromatic rings. The van der Waals surface area contributed by atoms with Gasteiger partial charge in [0.2, 0.25) is 0 Å². The summed E-state index contributed by atoms with van der Waals surface area (Å²) < 4.78 is 68.0. The van der Waals surface area contributed by atoms with Crippen LogP contribution in [0, 0.1) is 0 Å². The normalized spacial score (nSPS) is 22.6. The molecule has 13 heteroatoms. The van der Waals surface area contributed by atoms with E-state index in [9.17, 15) is 35.5 Å². The Morgan fingerprint density at radius 1 is 0.764 bits per heavy atom. The molecule has 2 aliphatic heterocycles. The summed E-state index contributed by atoms with van der Waals surface area (Å²) in [5.74, 6) is -1.01. The summed E-state index contributed by atoms with van der Waals surface area (Å²) >= 11 is 0. The number of amides is 2. The second-order valence-electron chi connectivity index (χ2n) is 14.6. The van der Waals surface area contributed by atoms with Crippen molar-refractivity contribution in [2.45, 2.75) is 80.4 Å². The molecule has 1 fully saturated rings. The van der Waals surface area contributed by atoms with Crippen LogP contribution in [-0.2, 0) is 45.6 Å². The number of rotatable bonds is 11. The quantitative estimate of drug-likeness (QED) is 0.0992. The van der Waals surface area contributed by atoms with Gasteiger partial charge in [-0.1, -0.05) is 101 Å². The maximum Gasteiger partial charge on any atom is 0.294 e. The summed E-state index contributed by atoms with van der Waals surface area (Å²) in [5.41, 5.74) is 7.88. The topological polar surface area (TPSA) is 159 Å². The van der Waals surface area contributed by atoms with Crippen molar-refractivity contribution in [1.29, 1.82) is 0 Å². The van der Waals surface area contributed by atoms with Crippen molar-refractivity contribution in [2.24, 2.45) is 0 Å². The molecule has 2 heterocycles. The fourth-order valence-corrected chi connectivity index (χ4v) is 8.03. The molecular formula is C42H42N2O9S2. The number of hydrogen-bond acceptors (Lipinski definition) is 8. The van der Waals surface area contributed by atoms with Gasteiger partial charge in [-0.25, -0.2) is 0 Å². The lowest BCUT2D eigenvalue weighted by Gasteiger charge is -2.32. The number of carbonyl (C=O) groups is 2. The van der Waals surface area contributed by atoms with E-state index >= 15 is 0 Å². The van der Waals surface area contributed by atoms with Gasteiger partial charge >= 0.3 is 0 Å². The summed E-state index contributed by atoms with van der Waals surface area (Å²) in [4.78, 5) is 30.4. The number of nitrogens with zero attached hydrogens (tertiary/aromatic N) is 2. The van der Waals surface area contributed by atoms with E-state index in [0.29, 0.717) is 28.4 Å². The van der Waals surface area contributed by atoms with Gasteiger partial charge < -0.3 is 0 Å². The minimum atomic E-state index is -4.52. The smallest absolute Gasteiger partial charge is 0.282 e. The van der Waals surface area contributed by atoms with Crippen LogP contribution in [0.5, 0.6) is 0 Å². The van der Waals surface area contributed by atoms with Gasteiger partial charge in [0.1, 0.15) is 0 Å². The molecule has 6 rings (SSSR count). The fraction of sp³-hybridized carbons (Fsp3) is 0.262. The van der Waals surface area contributed by atoms with E-state index in [-0.39, 0.29) is 22.6 Å². The number of anilines is 1. The van der Waals surface area contributed by atoms with Crippen molar-refractivity contribution in [1.82, 2.24) is 5.06 Å². The Balaban J connectivity index is 1.33. The van der Waals surface area contributed by atoms with Gasteiger partial charge in [-0.3, -0.25) is 18.7 Å². The van der Waals surface area contributed by atoms with Gasteiger partial charge in [-0.15, -0.1) is 15.7 Å². The monoisotopic (exact) mass is 782 g/mol. The molecule has 0 unspecified atom stereocenters. The Hall–Kier alpha value is -5.14. The number of hydrogen-bond donors (Lipinski definition) is 2. The summed E-state index contributed by atoms with van der Waals surface area (Å²) in [5, 5.41) is 2.02. The number of carbonyl (C=O) groups excluding carboxylic acids is 2. The van der Waals surface area contributed by atoms with Crippen molar-refractivity contribution in [2.75, 3.05) is 5.06 Å². The van der Waals surface area contributed by atoms with Crippen LogP contribution in [0.3, 0.4) is 0 Å². The molecule has 55 heavy (non-hydrogen) atoms. The van der Waals surface area contributed by atoms with E-state index in [2.05, 4.69) is 17.9 Å². The lowest BCUT2D eigenvalue weighted by Crippen LogP contribution is -2.38. The predicted octanol–water partition coefficient (Wildman–Crippen LogP) is 7.95. The summed E-state index contributed by atoms with van der Waals surface area (Å²) in [6, 6.07) is 8.67. The summed E-state index contributed by atoms with van der Waals surface area (Å²) in [7, 11) is -8.97. The van der Waals surface area contributed by atoms with Crippen molar-refractivity contribution in [3.8, 4) is 0 Å². The van der Waals surface area contributed by atoms with Crippen LogP contribution in [0.15, 0.2) is 142 Å². The molecule has 2 aromatic carbocycles. The van der Waals surface area contributed by atoms with Crippen molar-refractivity contribution >= 4 is 43.3 Å². The first-order valence-corrected chi connectivity index (χ1v) is 20.6. The third-order valence-corrected chi connectivity index (χ3v) is 11.8. The Kier molecular flexibility index (Phi) is 10.9. The minimum Gasteiger partial charge on any atom is -0.282 e. The van der Waals surface area contributed by atoms with Crippen LogP contribution in [-0.4, -0.2) is 42.8 Å². The maximum atomic E-state index is 12.5. The third kappa shape index (κ3) is 8.28. The molecular weight excluding hydrogens is 741 g/mol. The first-order chi connectivity index (χ1) is 25.9. The largest absolute Gasteiger partial charge is 0.294 e. The number of imide groups is 1. The first kappa shape index (κ1) is 39.6. The highest BCUT2D eigenvalue weighted by molar-refractivity contribution is 7.86. The predicted molar refractivity (Wildman–Crippen MR) is 209 cm³/mol. The van der Waals surface area contributed by atoms with Gasteiger partial charge in [-0.05, 0) is 77.9 Å². The molecule has 1 saturated heterocycles. The first-order valence-electron chi connectivity index (χ1n) is 17.7. The second-order valence-corrected chi connectivity index (χ2v) is 17.4. The van der Waals surface area contributed by atoms with Crippen LogP contribution in [0.25, 0.3) is 5.57 Å². The molecule has 4 aliphatic rings.